The third-order valence-electron chi connectivity index (χ3n) is 3.74. The highest BCUT2D eigenvalue weighted by atomic mass is 16.5. The van der Waals surface area contributed by atoms with E-state index >= 15 is 0 Å². The molecule has 1 unspecified atom stereocenters. The first-order chi connectivity index (χ1) is 9.58. The molecule has 20 heavy (non-hydrogen) atoms. The van der Waals surface area contributed by atoms with Gasteiger partial charge >= 0.3 is 6.03 Å². The van der Waals surface area contributed by atoms with Crippen LogP contribution in [0.1, 0.15) is 36.3 Å². The molecule has 1 aliphatic heterocycles. The van der Waals surface area contributed by atoms with E-state index in [9.17, 15) is 9.90 Å². The van der Waals surface area contributed by atoms with Crippen molar-refractivity contribution in [3.63, 3.8) is 0 Å². The zero-order valence-corrected chi connectivity index (χ0v) is 12.2. The maximum absolute atomic E-state index is 11.9. The lowest BCUT2D eigenvalue weighted by molar-refractivity contribution is 0.0843. The second kappa shape index (κ2) is 6.74. The van der Waals surface area contributed by atoms with Gasteiger partial charge in [0, 0.05) is 25.2 Å². The summed E-state index contributed by atoms with van der Waals surface area (Å²) < 4.78 is 5.11. The molecule has 0 bridgehead atoms. The van der Waals surface area contributed by atoms with Crippen molar-refractivity contribution in [1.82, 2.24) is 15.4 Å². The van der Waals surface area contributed by atoms with Gasteiger partial charge < -0.3 is 19.8 Å². The summed E-state index contributed by atoms with van der Waals surface area (Å²) in [6.45, 7) is 5.63. The van der Waals surface area contributed by atoms with Crippen molar-refractivity contribution in [2.75, 3.05) is 19.6 Å². The van der Waals surface area contributed by atoms with Crippen LogP contribution in [0.25, 0.3) is 0 Å². The van der Waals surface area contributed by atoms with Crippen LogP contribution in [0.5, 0.6) is 0 Å². The van der Waals surface area contributed by atoms with Gasteiger partial charge in [0.15, 0.2) is 0 Å². The van der Waals surface area contributed by atoms with Gasteiger partial charge in [0.2, 0.25) is 0 Å². The van der Waals surface area contributed by atoms with E-state index in [4.69, 9.17) is 4.52 Å². The van der Waals surface area contributed by atoms with E-state index in [1.54, 1.807) is 4.90 Å². The highest BCUT2D eigenvalue weighted by Gasteiger charge is 2.21. The van der Waals surface area contributed by atoms with Crippen molar-refractivity contribution in [1.29, 1.82) is 0 Å². The number of carbonyl (C=O) groups is 1. The molecule has 1 atom stereocenters. The summed E-state index contributed by atoms with van der Waals surface area (Å²) in [7, 11) is 0. The summed E-state index contributed by atoms with van der Waals surface area (Å²) in [5.41, 5.74) is 2.06. The van der Waals surface area contributed by atoms with Gasteiger partial charge in [-0.15, -0.1) is 0 Å². The van der Waals surface area contributed by atoms with Crippen molar-refractivity contribution < 1.29 is 14.4 Å². The molecule has 6 heteroatoms. The lowest BCUT2D eigenvalue weighted by Gasteiger charge is -2.30. The summed E-state index contributed by atoms with van der Waals surface area (Å²) in [5, 5.41) is 16.4. The quantitative estimate of drug-likeness (QED) is 0.817. The summed E-state index contributed by atoms with van der Waals surface area (Å²) in [5.74, 6) is 0.855. The SMILES string of the molecule is Cc1noc(C)c1CCCNC(=O)N1CCCC(O)C1. The molecular weight excluding hydrogens is 258 g/mol. The molecule has 0 saturated carbocycles. The van der Waals surface area contributed by atoms with Gasteiger partial charge in [-0.1, -0.05) is 5.16 Å². The first-order valence-electron chi connectivity index (χ1n) is 7.20. The summed E-state index contributed by atoms with van der Waals surface area (Å²) in [6.07, 6.45) is 2.98. The van der Waals surface area contributed by atoms with Crippen molar-refractivity contribution in [3.8, 4) is 0 Å². The van der Waals surface area contributed by atoms with Crippen molar-refractivity contribution in [2.24, 2.45) is 0 Å². The Balaban J connectivity index is 1.69. The number of aliphatic hydroxyl groups excluding tert-OH is 1. The Morgan fingerprint density at radius 2 is 2.35 bits per heavy atom. The minimum absolute atomic E-state index is 0.0810. The number of β-amino-alcohol motifs (C(OH)–C–C–N with tert-alkyl or cyclic N) is 1. The maximum atomic E-state index is 11.9. The Morgan fingerprint density at radius 3 is 3.00 bits per heavy atom. The van der Waals surface area contributed by atoms with E-state index in [0.717, 1.165) is 49.2 Å². The van der Waals surface area contributed by atoms with Gasteiger partial charge in [0.25, 0.3) is 0 Å². The minimum atomic E-state index is -0.378. The topological polar surface area (TPSA) is 78.6 Å². The fourth-order valence-electron chi connectivity index (χ4n) is 2.57. The molecule has 0 spiro atoms. The van der Waals surface area contributed by atoms with E-state index in [0.29, 0.717) is 13.1 Å². The van der Waals surface area contributed by atoms with Crippen LogP contribution in [-0.2, 0) is 6.42 Å². The molecular formula is C14H23N3O3. The molecule has 6 nitrogen and oxygen atoms in total. The van der Waals surface area contributed by atoms with Crippen LogP contribution < -0.4 is 5.32 Å². The predicted molar refractivity (Wildman–Crippen MR) is 74.5 cm³/mol. The molecule has 2 amide bonds. The van der Waals surface area contributed by atoms with E-state index in [-0.39, 0.29) is 12.1 Å². The third-order valence-corrected chi connectivity index (χ3v) is 3.74. The van der Waals surface area contributed by atoms with Crippen LogP contribution in [0.15, 0.2) is 4.52 Å². The monoisotopic (exact) mass is 281 g/mol. The average Bonchev–Trinajstić information content (AvgIpc) is 2.74. The average molecular weight is 281 g/mol. The molecule has 1 aromatic rings. The van der Waals surface area contributed by atoms with Gasteiger partial charge in [-0.3, -0.25) is 0 Å². The highest BCUT2D eigenvalue weighted by Crippen LogP contribution is 2.14. The normalized spacial score (nSPS) is 19.1. The maximum Gasteiger partial charge on any atom is 0.317 e. The zero-order valence-electron chi connectivity index (χ0n) is 12.2. The Kier molecular flexibility index (Phi) is 5.00. The fraction of sp³-hybridized carbons (Fsp3) is 0.714. The number of nitrogens with zero attached hydrogens (tertiary/aromatic N) is 2. The number of hydrogen-bond donors (Lipinski definition) is 2. The van der Waals surface area contributed by atoms with Gasteiger partial charge in [-0.25, -0.2) is 4.79 Å². The summed E-state index contributed by atoms with van der Waals surface area (Å²) >= 11 is 0. The molecule has 1 saturated heterocycles. The van der Waals surface area contributed by atoms with Gasteiger partial charge in [-0.05, 0) is 39.5 Å². The standard InChI is InChI=1S/C14H23N3O3/c1-10-13(11(2)20-16-10)6-3-7-15-14(19)17-8-4-5-12(18)9-17/h12,18H,3-9H2,1-2H3,(H,15,19). The van der Waals surface area contributed by atoms with Crippen molar-refractivity contribution >= 4 is 6.03 Å². The Labute approximate surface area is 119 Å². The number of aryl methyl sites for hydroxylation is 2. The number of nitrogens with one attached hydrogen (secondary N) is 1. The number of rotatable bonds is 4. The van der Waals surface area contributed by atoms with Crippen LogP contribution in [0.2, 0.25) is 0 Å². The van der Waals surface area contributed by atoms with E-state index in [1.807, 2.05) is 13.8 Å². The van der Waals surface area contributed by atoms with Crippen LogP contribution >= 0.6 is 0 Å². The van der Waals surface area contributed by atoms with E-state index in [1.165, 1.54) is 0 Å². The molecule has 112 valence electrons. The first kappa shape index (κ1) is 14.8. The summed E-state index contributed by atoms with van der Waals surface area (Å²) in [6, 6.07) is -0.0810. The fourth-order valence-corrected chi connectivity index (χ4v) is 2.57. The lowest BCUT2D eigenvalue weighted by Crippen LogP contribution is -2.47. The van der Waals surface area contributed by atoms with Gasteiger partial charge in [0.05, 0.1) is 11.8 Å². The van der Waals surface area contributed by atoms with Gasteiger partial charge in [0.1, 0.15) is 5.76 Å². The van der Waals surface area contributed by atoms with Gasteiger partial charge in [-0.2, -0.15) is 0 Å². The molecule has 2 N–H and O–H groups in total. The van der Waals surface area contributed by atoms with Crippen LogP contribution in [0.3, 0.4) is 0 Å². The van der Waals surface area contributed by atoms with E-state index < -0.39 is 0 Å². The van der Waals surface area contributed by atoms with Crippen molar-refractivity contribution in [2.45, 2.75) is 45.6 Å². The molecule has 0 radical (unpaired) electrons. The zero-order chi connectivity index (χ0) is 14.5. The number of piperidine rings is 1. The number of aliphatic hydroxyl groups is 1. The lowest BCUT2D eigenvalue weighted by atomic mass is 10.1. The molecule has 1 fully saturated rings. The number of aromatic nitrogens is 1. The molecule has 0 aliphatic carbocycles. The van der Waals surface area contributed by atoms with Crippen LogP contribution in [0, 0.1) is 13.8 Å². The summed E-state index contributed by atoms with van der Waals surface area (Å²) in [4.78, 5) is 13.6. The number of hydrogen-bond acceptors (Lipinski definition) is 4. The first-order valence-corrected chi connectivity index (χ1v) is 7.20. The number of amides is 2. The molecule has 0 aromatic carbocycles. The van der Waals surface area contributed by atoms with E-state index in [2.05, 4.69) is 10.5 Å². The Morgan fingerprint density at radius 1 is 1.55 bits per heavy atom. The second-order valence-corrected chi connectivity index (χ2v) is 5.38. The largest absolute Gasteiger partial charge is 0.391 e. The highest BCUT2D eigenvalue weighted by molar-refractivity contribution is 5.74. The van der Waals surface area contributed by atoms with Crippen molar-refractivity contribution in [3.05, 3.63) is 17.0 Å². The molecule has 1 aromatic heterocycles. The van der Waals surface area contributed by atoms with Crippen LogP contribution in [0.4, 0.5) is 4.79 Å². The molecule has 1 aliphatic rings. The Hall–Kier alpha value is -1.56. The Bertz CT molecular complexity index is 439. The number of urea groups is 1. The minimum Gasteiger partial charge on any atom is -0.391 e. The predicted octanol–water partition coefficient (Wildman–Crippen LogP) is 1.39. The number of carbonyl (C=O) groups excluding carboxylic acids is 1. The third kappa shape index (κ3) is 3.72. The molecule has 2 rings (SSSR count). The smallest absolute Gasteiger partial charge is 0.317 e. The second-order valence-electron chi connectivity index (χ2n) is 5.38. The van der Waals surface area contributed by atoms with Crippen LogP contribution in [-0.4, -0.2) is 46.9 Å². The number of likely N-dealkylation sites (tertiary alicyclic amines) is 1. The molecule has 2 heterocycles.